The van der Waals surface area contributed by atoms with Gasteiger partial charge in [0, 0.05) is 183 Å². The molecule has 15 aliphatic rings. The van der Waals surface area contributed by atoms with E-state index in [0.29, 0.717) is 6.04 Å². The number of piperidine rings is 1. The van der Waals surface area contributed by atoms with Gasteiger partial charge in [0.25, 0.3) is 0 Å². The monoisotopic (exact) mass is 1530 g/mol. The Bertz CT molecular complexity index is 3980. The zero-order valence-corrected chi connectivity index (χ0v) is 71.0. The van der Waals surface area contributed by atoms with Gasteiger partial charge in [-0.1, -0.05) is 98.6 Å². The van der Waals surface area contributed by atoms with Crippen molar-refractivity contribution in [3.63, 3.8) is 0 Å². The molecule has 612 valence electrons. The van der Waals surface area contributed by atoms with Crippen molar-refractivity contribution in [1.29, 1.82) is 0 Å². The Kier molecular flexibility index (Phi) is 27.5. The molecule has 16 nitrogen and oxygen atoms in total. The molecule has 6 aromatic rings. The van der Waals surface area contributed by atoms with E-state index in [4.69, 9.17) is 0 Å². The molecule has 0 aromatic heterocycles. The average Bonchev–Trinajstić information content (AvgIpc) is 1.74. The van der Waals surface area contributed by atoms with Crippen molar-refractivity contribution in [2.75, 3.05) is 204 Å². The second kappa shape index (κ2) is 38.5. The number of hydrogen-bond donors (Lipinski definition) is 5. The van der Waals surface area contributed by atoms with Gasteiger partial charge in [0.2, 0.25) is 0 Å². The van der Waals surface area contributed by atoms with Gasteiger partial charge in [-0.15, -0.1) is 0 Å². The summed E-state index contributed by atoms with van der Waals surface area (Å²) in [4.78, 5) is 28.2. The van der Waals surface area contributed by atoms with Crippen molar-refractivity contribution >= 4 is 28.4 Å². The van der Waals surface area contributed by atoms with Gasteiger partial charge in [0.1, 0.15) is 0 Å². The molecule has 6 aromatic carbocycles. The summed E-state index contributed by atoms with van der Waals surface area (Å²) >= 11 is 0. The fraction of sp³-hybridized carbons (Fsp3) is 0.629. The van der Waals surface area contributed by atoms with Crippen molar-refractivity contribution in [2.45, 2.75) is 198 Å². The molecule has 21 rings (SSSR count). The van der Waals surface area contributed by atoms with Crippen LogP contribution in [0, 0.1) is 17.8 Å². The van der Waals surface area contributed by atoms with E-state index in [1.54, 1.807) is 50.1 Å². The van der Waals surface area contributed by atoms with Gasteiger partial charge in [-0.05, 0) is 324 Å². The van der Waals surface area contributed by atoms with Crippen LogP contribution in [0.4, 0.5) is 28.4 Å². The summed E-state index contributed by atoms with van der Waals surface area (Å²) < 4.78 is 0. The maximum Gasteiger partial charge on any atom is 0.0403 e. The molecule has 1 saturated carbocycles. The fourth-order valence-corrected chi connectivity index (χ4v) is 22.7. The molecular weight excluding hydrogens is 1390 g/mol. The lowest BCUT2D eigenvalue weighted by molar-refractivity contribution is 0.230. The Morgan fingerprint density at radius 1 is 0.345 bits per heavy atom. The summed E-state index contributed by atoms with van der Waals surface area (Å²) in [5, 5.41) is 17.4. The molecule has 1 aliphatic carbocycles. The number of benzene rings is 6. The van der Waals surface area contributed by atoms with Crippen molar-refractivity contribution in [3.05, 3.63) is 182 Å². The predicted molar refractivity (Wildman–Crippen MR) is 474 cm³/mol. The van der Waals surface area contributed by atoms with Crippen molar-refractivity contribution in [2.24, 2.45) is 17.8 Å². The lowest BCUT2D eigenvalue weighted by Gasteiger charge is -2.40. The van der Waals surface area contributed by atoms with E-state index >= 15 is 0 Å². The van der Waals surface area contributed by atoms with Gasteiger partial charge in [-0.3, -0.25) is 9.80 Å². The molecule has 0 radical (unpaired) electrons. The minimum absolute atomic E-state index is 0.711. The second-order valence-corrected chi connectivity index (χ2v) is 37.2. The summed E-state index contributed by atoms with van der Waals surface area (Å²) in [5.41, 5.74) is 28.0. The first-order valence-corrected chi connectivity index (χ1v) is 45.5. The average molecular weight is 1530 g/mol. The van der Waals surface area contributed by atoms with E-state index in [0.717, 1.165) is 114 Å². The van der Waals surface area contributed by atoms with Crippen LogP contribution in [0.1, 0.15) is 156 Å². The zero-order chi connectivity index (χ0) is 77.2. The Hall–Kier alpha value is -6.12. The number of hydrogen-bond acceptors (Lipinski definition) is 16. The Morgan fingerprint density at radius 2 is 0.761 bits per heavy atom. The van der Waals surface area contributed by atoms with E-state index in [1.165, 1.54) is 277 Å². The molecule has 14 heterocycles. The highest BCUT2D eigenvalue weighted by Gasteiger charge is 2.41. The molecule has 0 amide bonds. The molecule has 8 saturated heterocycles. The summed E-state index contributed by atoms with van der Waals surface area (Å²) in [7, 11) is 13.3. The van der Waals surface area contributed by atoms with Crippen LogP contribution in [0.25, 0.3) is 0 Å². The van der Waals surface area contributed by atoms with Crippen LogP contribution in [0.15, 0.2) is 109 Å². The van der Waals surface area contributed by atoms with E-state index < -0.39 is 0 Å². The zero-order valence-electron chi connectivity index (χ0n) is 71.0. The molecule has 16 heteroatoms. The number of fused-ring (bicyclic) bond motifs is 9. The van der Waals surface area contributed by atoms with Gasteiger partial charge >= 0.3 is 0 Å². The van der Waals surface area contributed by atoms with E-state index in [2.05, 4.69) is 239 Å². The summed E-state index contributed by atoms with van der Waals surface area (Å²) in [5.74, 6) is 2.81. The smallest absolute Gasteiger partial charge is 0.0403 e. The number of anilines is 5. The van der Waals surface area contributed by atoms with Crippen LogP contribution in [-0.2, 0) is 84.2 Å². The molecule has 0 bridgehead atoms. The van der Waals surface area contributed by atoms with Crippen LogP contribution >= 0.6 is 0 Å². The maximum absolute atomic E-state index is 3.48. The quantitative estimate of drug-likeness (QED) is 0.0950. The molecule has 5 atom stereocenters. The first-order chi connectivity index (χ1) is 55.4. The molecular formula is C97H144N16. The summed E-state index contributed by atoms with van der Waals surface area (Å²) in [6.45, 7) is 34.3. The minimum atomic E-state index is 0.711. The van der Waals surface area contributed by atoms with Gasteiger partial charge in [-0.2, -0.15) is 0 Å². The van der Waals surface area contributed by atoms with Gasteiger partial charge in [-0.25, -0.2) is 0 Å². The number of nitrogens with one attached hydrogen (secondary N) is 5. The number of rotatable bonds is 9. The van der Waals surface area contributed by atoms with Crippen LogP contribution < -0.4 is 51.1 Å². The molecule has 5 unspecified atom stereocenters. The lowest BCUT2D eigenvalue weighted by atomic mass is 9.79. The van der Waals surface area contributed by atoms with E-state index in [1.807, 2.05) is 0 Å². The van der Waals surface area contributed by atoms with Crippen LogP contribution in [-0.4, -0.2) is 239 Å². The summed E-state index contributed by atoms with van der Waals surface area (Å²) in [6.07, 6.45) is 25.1. The Morgan fingerprint density at radius 3 is 1.24 bits per heavy atom. The lowest BCUT2D eigenvalue weighted by Crippen LogP contribution is -2.50. The van der Waals surface area contributed by atoms with Crippen molar-refractivity contribution < 1.29 is 0 Å². The normalized spacial score (nSPS) is 26.2. The van der Waals surface area contributed by atoms with Crippen LogP contribution in [0.2, 0.25) is 0 Å². The fourth-order valence-electron chi connectivity index (χ4n) is 22.7. The van der Waals surface area contributed by atoms with Crippen molar-refractivity contribution in [3.8, 4) is 0 Å². The minimum Gasteiger partial charge on any atom is -0.371 e. The van der Waals surface area contributed by atoms with Crippen LogP contribution in [0.3, 0.4) is 0 Å². The number of likely N-dealkylation sites (N-methyl/N-ethyl adjacent to an activating group) is 3. The maximum atomic E-state index is 3.48. The van der Waals surface area contributed by atoms with Gasteiger partial charge < -0.3 is 70.7 Å². The van der Waals surface area contributed by atoms with Crippen LogP contribution in [0.5, 0.6) is 0 Å². The highest BCUT2D eigenvalue weighted by atomic mass is 15.3. The standard InChI is InChI=1S/C17H25N3.C17H25N.2C16H23N3.C16H25N3.C15H23N3/c1-18-9-7-16-14(12-18)4-2-6-17(16)20-11-10-19-8-3-5-15(19)13-20;1-13-5-7-14(8-6-13)11-15-3-2-4-16-12-18-10-9-17(15)16;1-18-8-6-13-10-19(11-16(13)18)15-4-2-3-12-9-17-7-5-14(12)15;1-3-13-11-17-7-6-15(13)16(5-1)19-10-9-18-8-2-4-14(18)12-19;1-18(2)14-7-10-19(11-8-14)16-5-3-4-13-12-17-9-6-15(13)16;1-17(2)13-7-9-18(11-13)15-5-3-4-12-10-16-8-6-14(12)15/h2,4,6,15H,3,5,7-13H2,1H3;2-4,13-14,18H,5-12H2,1H3;2-4,13,16-17H,5-11H2,1H3;1,3,5,14,17H,2,4,6-12H2;3-5,14,17H,6-12H2,1-2H3;3-5,13,16H,6-11H2,1-2H3. The molecule has 9 fully saturated rings. The van der Waals surface area contributed by atoms with E-state index in [-0.39, 0.29) is 0 Å². The molecule has 5 N–H and O–H groups in total. The third-order valence-electron chi connectivity index (χ3n) is 29.6. The molecule has 14 aliphatic heterocycles. The third kappa shape index (κ3) is 19.5. The SMILES string of the molecule is CC1CCC(Cc2cccc3c2CCNC3)CC1.CN(C)C1CCN(c2cccc3c2CCNC3)C1.CN(C)C1CCN(c2cccc3c2CCNC3)CC1.CN1CCC2CN(c3cccc4c3CCNC4)CC21.CN1CCc2c(cccc2N2CCN3CCCC3C2)C1.c1cc2c(c(N3CCN4CCCC4C3)c1)CCNC2. The van der Waals surface area contributed by atoms with E-state index in [9.17, 15) is 0 Å². The number of piperazine rings is 2. The summed E-state index contributed by atoms with van der Waals surface area (Å²) in [6, 6.07) is 45.1. The highest BCUT2D eigenvalue weighted by molar-refractivity contribution is 5.63. The third-order valence-corrected chi connectivity index (χ3v) is 29.6. The van der Waals surface area contributed by atoms with Gasteiger partial charge in [0.05, 0.1) is 0 Å². The Labute approximate surface area is 682 Å². The highest BCUT2D eigenvalue weighted by Crippen LogP contribution is 2.40. The van der Waals surface area contributed by atoms with Gasteiger partial charge in [0.15, 0.2) is 0 Å². The first-order valence-electron chi connectivity index (χ1n) is 45.5. The number of likely N-dealkylation sites (tertiary alicyclic amines) is 1. The topological polar surface area (TPSA) is 95.8 Å². The molecule has 113 heavy (non-hydrogen) atoms. The molecule has 0 spiro atoms. The van der Waals surface area contributed by atoms with Crippen molar-refractivity contribution in [1.82, 2.24) is 56.0 Å². The largest absolute Gasteiger partial charge is 0.371 e. The first kappa shape index (κ1) is 80.7. The predicted octanol–water partition coefficient (Wildman–Crippen LogP) is 12.1. The number of nitrogens with zero attached hydrogens (tertiary/aromatic N) is 11. The second-order valence-electron chi connectivity index (χ2n) is 37.2. The Balaban J connectivity index is 0.000000102.